The number of unbranched alkanes of at least 4 members (excludes halogenated alkanes) is 38. The molecule has 0 bridgehead atoms. The van der Waals surface area contributed by atoms with Gasteiger partial charge in [-0.1, -0.05) is 282 Å². The van der Waals surface area contributed by atoms with Crippen LogP contribution in [0.1, 0.15) is 310 Å². The highest BCUT2D eigenvalue weighted by Gasteiger charge is 2.47. The average Bonchev–Trinajstić information content (AvgIpc) is 3.43. The molecule has 8 atom stereocenters. The number of hydrogen-bond donors (Lipinski definition) is 6. The Kier molecular flexibility index (Phi) is 51.6. The summed E-state index contributed by atoms with van der Waals surface area (Å²) in [6.45, 7) is 5.79. The molecule has 1 aliphatic heterocycles. The van der Waals surface area contributed by atoms with Gasteiger partial charge in [-0.25, -0.2) is 0 Å². The summed E-state index contributed by atoms with van der Waals surface area (Å²) in [6.07, 6.45) is 54.7. The first-order chi connectivity index (χ1) is 37.7. The van der Waals surface area contributed by atoms with Crippen LogP contribution >= 0.6 is 0 Å². The molecule has 0 spiro atoms. The smallest absolute Gasteiger partial charge is 0.306 e. The van der Waals surface area contributed by atoms with E-state index in [0.29, 0.717) is 19.3 Å². The minimum Gasteiger partial charge on any atom is -0.454 e. The monoisotopic (exact) mass is 1090 g/mol. The van der Waals surface area contributed by atoms with Gasteiger partial charge in [0.05, 0.1) is 25.4 Å². The van der Waals surface area contributed by atoms with Gasteiger partial charge in [0.25, 0.3) is 0 Å². The Hall–Kier alpha value is -2.12. The molecule has 1 rings (SSSR count). The average molecular weight is 1090 g/mol. The predicted octanol–water partition coefficient (Wildman–Crippen LogP) is 15.8. The van der Waals surface area contributed by atoms with Gasteiger partial charge in [0, 0.05) is 6.42 Å². The van der Waals surface area contributed by atoms with Crippen molar-refractivity contribution in [3.63, 3.8) is 0 Å². The van der Waals surface area contributed by atoms with Crippen molar-refractivity contribution in [2.24, 2.45) is 0 Å². The largest absolute Gasteiger partial charge is 0.454 e. The molecule has 1 aliphatic rings. The van der Waals surface area contributed by atoms with E-state index in [1.165, 1.54) is 199 Å². The van der Waals surface area contributed by atoms with Crippen molar-refractivity contribution >= 4 is 11.9 Å². The van der Waals surface area contributed by atoms with Crippen LogP contribution in [0.5, 0.6) is 0 Å². The molecule has 0 saturated carbocycles. The van der Waals surface area contributed by atoms with Crippen molar-refractivity contribution in [1.82, 2.24) is 5.32 Å². The number of aliphatic hydroxyl groups excluding tert-OH is 5. The Morgan fingerprint density at radius 3 is 1.35 bits per heavy atom. The molecule has 1 amide bonds. The van der Waals surface area contributed by atoms with Crippen LogP contribution < -0.4 is 5.32 Å². The van der Waals surface area contributed by atoms with E-state index < -0.39 is 67.4 Å². The highest BCUT2D eigenvalue weighted by molar-refractivity contribution is 5.80. The summed E-state index contributed by atoms with van der Waals surface area (Å²) in [5.74, 6) is -1.18. The zero-order chi connectivity index (χ0) is 56.1. The Labute approximate surface area is 473 Å². The molecule has 8 unspecified atom stereocenters. The van der Waals surface area contributed by atoms with Crippen molar-refractivity contribution in [2.75, 3.05) is 13.2 Å². The number of ether oxygens (including phenoxy) is 3. The third-order valence-corrected chi connectivity index (χ3v) is 15.5. The molecule has 1 heterocycles. The Morgan fingerprint density at radius 1 is 0.506 bits per heavy atom. The van der Waals surface area contributed by atoms with Crippen LogP contribution in [0, 0.1) is 0 Å². The fourth-order valence-corrected chi connectivity index (χ4v) is 10.3. The Balaban J connectivity index is 2.63. The molecular weight excluding hydrogens is 967 g/mol. The number of hydrogen-bond acceptors (Lipinski definition) is 10. The van der Waals surface area contributed by atoms with Gasteiger partial charge < -0.3 is 45.1 Å². The van der Waals surface area contributed by atoms with Gasteiger partial charge in [0.15, 0.2) is 12.4 Å². The van der Waals surface area contributed by atoms with Crippen LogP contribution in [-0.4, -0.2) is 99.6 Å². The number of esters is 1. The lowest BCUT2D eigenvalue weighted by atomic mass is 9.99. The highest BCUT2D eigenvalue weighted by atomic mass is 16.7. The van der Waals surface area contributed by atoms with E-state index >= 15 is 0 Å². The fraction of sp³-hybridized carbons (Fsp3) is 0.879. The van der Waals surface area contributed by atoms with Gasteiger partial charge in [-0.05, 0) is 57.8 Å². The minimum atomic E-state index is -1.61. The maximum Gasteiger partial charge on any atom is 0.306 e. The number of carbonyl (C=O) groups is 2. The molecular formula is C66H123NO10. The summed E-state index contributed by atoms with van der Waals surface area (Å²) in [5, 5.41) is 57.1. The molecule has 1 fully saturated rings. The molecule has 0 radical (unpaired) electrons. The molecule has 0 aromatic heterocycles. The first kappa shape index (κ1) is 72.9. The zero-order valence-electron chi connectivity index (χ0n) is 50.1. The lowest BCUT2D eigenvalue weighted by Crippen LogP contribution is -2.61. The summed E-state index contributed by atoms with van der Waals surface area (Å²) in [7, 11) is 0. The van der Waals surface area contributed by atoms with E-state index in [0.717, 1.165) is 64.2 Å². The van der Waals surface area contributed by atoms with E-state index in [4.69, 9.17) is 14.2 Å². The van der Waals surface area contributed by atoms with Gasteiger partial charge in [-0.2, -0.15) is 0 Å². The van der Waals surface area contributed by atoms with Crippen LogP contribution in [0.2, 0.25) is 0 Å². The van der Waals surface area contributed by atoms with Crippen molar-refractivity contribution in [1.29, 1.82) is 0 Å². The van der Waals surface area contributed by atoms with Crippen LogP contribution in [0.15, 0.2) is 36.5 Å². The topological polar surface area (TPSA) is 175 Å². The van der Waals surface area contributed by atoms with Gasteiger partial charge in [0.1, 0.15) is 24.4 Å². The van der Waals surface area contributed by atoms with Crippen LogP contribution in [0.25, 0.3) is 0 Å². The van der Waals surface area contributed by atoms with E-state index in [1.807, 2.05) is 6.08 Å². The molecule has 452 valence electrons. The summed E-state index contributed by atoms with van der Waals surface area (Å²) in [4.78, 5) is 26.6. The molecule has 1 saturated heterocycles. The second-order valence-electron chi connectivity index (χ2n) is 22.9. The molecule has 11 nitrogen and oxygen atoms in total. The summed E-state index contributed by atoms with van der Waals surface area (Å²) in [6, 6.07) is -1.02. The van der Waals surface area contributed by atoms with Crippen molar-refractivity contribution < 1.29 is 49.3 Å². The maximum atomic E-state index is 13.5. The van der Waals surface area contributed by atoms with E-state index in [9.17, 15) is 35.1 Å². The van der Waals surface area contributed by atoms with Gasteiger partial charge in [-0.15, -0.1) is 0 Å². The van der Waals surface area contributed by atoms with Gasteiger partial charge >= 0.3 is 5.97 Å². The minimum absolute atomic E-state index is 0.128. The standard InChI is InChI=1S/C66H123NO10/c1-4-7-10-13-16-19-22-25-26-27-28-29-30-31-32-33-36-38-41-44-47-50-53-59(70)65(74)67-57(58(69)52-49-46-43-40-37-34-23-20-17-14-11-8-5-2)56-75-66-64(63(73)62(72)60(55-68)76-66)77-61(71)54-51-48-45-42-39-35-24-21-18-15-12-9-6-3/h16,19,25-26,49,52,57-60,62-64,66,68-70,72-73H,4-15,17-18,20-24,27-48,50-51,53-56H2,1-3H3,(H,67,74)/b19-16-,26-25-,52-49+. The number of rotatable bonds is 56. The van der Waals surface area contributed by atoms with Crippen molar-refractivity contribution in [2.45, 2.75) is 359 Å². The van der Waals surface area contributed by atoms with Crippen LogP contribution in [-0.2, 0) is 23.8 Å². The Bertz CT molecular complexity index is 1390. The number of aliphatic hydroxyl groups is 5. The quantitative estimate of drug-likeness (QED) is 0.0195. The molecule has 77 heavy (non-hydrogen) atoms. The number of nitrogens with one attached hydrogen (secondary N) is 1. The first-order valence-corrected chi connectivity index (χ1v) is 32.8. The van der Waals surface area contributed by atoms with Gasteiger partial charge in [0.2, 0.25) is 5.91 Å². The summed E-state index contributed by atoms with van der Waals surface area (Å²) < 4.78 is 17.6. The lowest BCUT2D eigenvalue weighted by molar-refractivity contribution is -0.305. The normalized spacial score (nSPS) is 19.2. The third kappa shape index (κ3) is 42.4. The number of allylic oxidation sites excluding steroid dienone is 5. The zero-order valence-corrected chi connectivity index (χ0v) is 50.1. The maximum absolute atomic E-state index is 13.5. The number of amides is 1. The summed E-state index contributed by atoms with van der Waals surface area (Å²) in [5.41, 5.74) is 0. The van der Waals surface area contributed by atoms with Crippen molar-refractivity contribution in [3.05, 3.63) is 36.5 Å². The molecule has 0 aliphatic carbocycles. The van der Waals surface area contributed by atoms with Crippen molar-refractivity contribution in [3.8, 4) is 0 Å². The molecule has 6 N–H and O–H groups in total. The molecule has 0 aromatic carbocycles. The predicted molar refractivity (Wildman–Crippen MR) is 320 cm³/mol. The third-order valence-electron chi connectivity index (χ3n) is 15.5. The highest BCUT2D eigenvalue weighted by Crippen LogP contribution is 2.26. The molecule has 0 aromatic rings. The summed E-state index contributed by atoms with van der Waals surface area (Å²) >= 11 is 0. The lowest BCUT2D eigenvalue weighted by Gasteiger charge is -2.41. The van der Waals surface area contributed by atoms with E-state index in [2.05, 4.69) is 50.4 Å². The SMILES string of the molecule is CCCCC/C=C\C/C=C\CCCCCCCCCCCCCCC(O)C(=O)NC(COC1OC(CO)C(O)C(O)C1OC(=O)CCCCCCCCCCCCCCC)C(O)/C=C/CCCCCCCCCCCCC. The first-order valence-electron chi connectivity index (χ1n) is 32.8. The van der Waals surface area contributed by atoms with E-state index in [1.54, 1.807) is 6.08 Å². The van der Waals surface area contributed by atoms with Crippen LogP contribution in [0.4, 0.5) is 0 Å². The molecule has 11 heteroatoms. The second kappa shape index (κ2) is 54.5. The van der Waals surface area contributed by atoms with Gasteiger partial charge in [-0.3, -0.25) is 9.59 Å². The number of carbonyl (C=O) groups excluding carboxylic acids is 2. The van der Waals surface area contributed by atoms with E-state index in [-0.39, 0.29) is 13.0 Å². The Morgan fingerprint density at radius 2 is 0.896 bits per heavy atom. The fourth-order valence-electron chi connectivity index (χ4n) is 10.3. The second-order valence-corrected chi connectivity index (χ2v) is 22.9. The van der Waals surface area contributed by atoms with Crippen LogP contribution in [0.3, 0.4) is 0 Å².